The van der Waals surface area contributed by atoms with Crippen LogP contribution < -0.4 is 0 Å². The van der Waals surface area contributed by atoms with E-state index in [2.05, 4.69) is 6.58 Å². The fourth-order valence-electron chi connectivity index (χ4n) is 1.40. The molecule has 0 atom stereocenters. The van der Waals surface area contributed by atoms with Crippen molar-refractivity contribution in [3.05, 3.63) is 36.3 Å². The number of ether oxygens (including phenoxy) is 3. The molecule has 0 amide bonds. The van der Waals surface area contributed by atoms with E-state index in [-0.39, 0.29) is 13.2 Å². The second kappa shape index (κ2) is 5.16. The number of hydrogen-bond acceptors (Lipinski definition) is 5. The van der Waals surface area contributed by atoms with Crippen LogP contribution in [0, 0.1) is 0 Å². The van der Waals surface area contributed by atoms with Gasteiger partial charge in [0, 0.05) is 5.57 Å². The molecular formula is C12H14O5. The highest BCUT2D eigenvalue weighted by atomic mass is 16.7. The summed E-state index contributed by atoms with van der Waals surface area (Å²) < 4.78 is 21.0. The molecule has 0 aromatic carbocycles. The monoisotopic (exact) mass is 238 g/mol. The van der Waals surface area contributed by atoms with E-state index in [4.69, 9.17) is 18.6 Å². The highest BCUT2D eigenvalue weighted by Gasteiger charge is 2.27. The molecule has 1 aromatic rings. The van der Waals surface area contributed by atoms with Gasteiger partial charge in [-0.2, -0.15) is 0 Å². The fraction of sp³-hybridized carbons (Fsp3) is 0.417. The summed E-state index contributed by atoms with van der Waals surface area (Å²) in [6.45, 7) is 5.66. The van der Waals surface area contributed by atoms with Crippen LogP contribution in [0.3, 0.4) is 0 Å². The van der Waals surface area contributed by atoms with E-state index in [1.54, 1.807) is 25.3 Å². The molecule has 2 heterocycles. The molecule has 0 spiro atoms. The Morgan fingerprint density at radius 1 is 1.47 bits per heavy atom. The molecule has 1 fully saturated rings. The Bertz CT molecular complexity index is 387. The molecule has 1 saturated heterocycles. The largest absolute Gasteiger partial charge is 0.464 e. The number of hydrogen-bond donors (Lipinski definition) is 0. The SMILES string of the molecule is C=C(C)C(=O)OC1COC(c2ccco2)OC1. The van der Waals surface area contributed by atoms with Gasteiger partial charge in [-0.05, 0) is 19.1 Å². The summed E-state index contributed by atoms with van der Waals surface area (Å²) in [7, 11) is 0. The van der Waals surface area contributed by atoms with Crippen LogP contribution in [0.5, 0.6) is 0 Å². The van der Waals surface area contributed by atoms with E-state index >= 15 is 0 Å². The third kappa shape index (κ3) is 2.95. The first-order valence-electron chi connectivity index (χ1n) is 5.30. The van der Waals surface area contributed by atoms with Crippen LogP contribution in [0.1, 0.15) is 19.0 Å². The van der Waals surface area contributed by atoms with Crippen molar-refractivity contribution in [2.45, 2.75) is 19.3 Å². The van der Waals surface area contributed by atoms with Gasteiger partial charge in [0.05, 0.1) is 19.5 Å². The maximum Gasteiger partial charge on any atom is 0.333 e. The van der Waals surface area contributed by atoms with Gasteiger partial charge in [0.1, 0.15) is 6.10 Å². The molecule has 1 aliphatic heterocycles. The van der Waals surface area contributed by atoms with Crippen LogP contribution in [0.25, 0.3) is 0 Å². The predicted octanol–water partition coefficient (Wildman–Crippen LogP) is 1.81. The standard InChI is InChI=1S/C12H14O5/c1-8(2)11(13)17-9-6-15-12(16-7-9)10-4-3-5-14-10/h3-5,9,12H,1,6-7H2,2H3. The van der Waals surface area contributed by atoms with Crippen molar-refractivity contribution in [3.63, 3.8) is 0 Å². The summed E-state index contributed by atoms with van der Waals surface area (Å²) in [5.41, 5.74) is 0.359. The van der Waals surface area contributed by atoms with Gasteiger partial charge in [0.2, 0.25) is 6.29 Å². The highest BCUT2D eigenvalue weighted by Crippen LogP contribution is 2.24. The summed E-state index contributed by atoms with van der Waals surface area (Å²) in [6.07, 6.45) is 0.630. The normalized spacial score (nSPS) is 24.3. The number of carbonyl (C=O) groups is 1. The molecule has 5 heteroatoms. The Kier molecular flexibility index (Phi) is 3.61. The zero-order valence-corrected chi connectivity index (χ0v) is 9.55. The lowest BCUT2D eigenvalue weighted by atomic mass is 10.3. The summed E-state index contributed by atoms with van der Waals surface area (Å²) in [5, 5.41) is 0. The van der Waals surface area contributed by atoms with E-state index in [0.717, 1.165) is 0 Å². The summed E-state index contributed by atoms with van der Waals surface area (Å²) in [5.74, 6) is 0.174. The number of carbonyl (C=O) groups excluding carboxylic acids is 1. The number of furan rings is 1. The molecule has 2 rings (SSSR count). The van der Waals surface area contributed by atoms with Crippen LogP contribution in [0.15, 0.2) is 35.0 Å². The average Bonchev–Trinajstić information content (AvgIpc) is 2.83. The van der Waals surface area contributed by atoms with Crippen LogP contribution >= 0.6 is 0 Å². The van der Waals surface area contributed by atoms with E-state index in [9.17, 15) is 4.79 Å². The zero-order chi connectivity index (χ0) is 12.3. The van der Waals surface area contributed by atoms with Gasteiger partial charge in [0.25, 0.3) is 0 Å². The van der Waals surface area contributed by atoms with Gasteiger partial charge in [-0.15, -0.1) is 0 Å². The molecule has 1 aliphatic rings. The van der Waals surface area contributed by atoms with E-state index < -0.39 is 18.4 Å². The second-order valence-corrected chi connectivity index (χ2v) is 3.82. The second-order valence-electron chi connectivity index (χ2n) is 3.82. The van der Waals surface area contributed by atoms with Gasteiger partial charge in [0.15, 0.2) is 5.76 Å². The van der Waals surface area contributed by atoms with E-state index in [0.29, 0.717) is 11.3 Å². The molecular weight excluding hydrogens is 224 g/mol. The highest BCUT2D eigenvalue weighted by molar-refractivity contribution is 5.87. The molecule has 1 aromatic heterocycles. The van der Waals surface area contributed by atoms with Crippen molar-refractivity contribution < 1.29 is 23.4 Å². The molecule has 5 nitrogen and oxygen atoms in total. The Balaban J connectivity index is 1.82. The topological polar surface area (TPSA) is 57.9 Å². The van der Waals surface area contributed by atoms with Crippen molar-refractivity contribution in [2.75, 3.05) is 13.2 Å². The first-order valence-corrected chi connectivity index (χ1v) is 5.30. The minimum absolute atomic E-state index is 0.282. The van der Waals surface area contributed by atoms with Crippen molar-refractivity contribution in [1.82, 2.24) is 0 Å². The Hall–Kier alpha value is -1.59. The lowest BCUT2D eigenvalue weighted by Gasteiger charge is -2.27. The van der Waals surface area contributed by atoms with E-state index in [1.165, 1.54) is 0 Å². The number of esters is 1. The number of rotatable bonds is 3. The van der Waals surface area contributed by atoms with Crippen LogP contribution in [0.4, 0.5) is 0 Å². The molecule has 0 aliphatic carbocycles. The summed E-state index contributed by atoms with van der Waals surface area (Å²) in [6, 6.07) is 3.53. The maximum absolute atomic E-state index is 11.3. The fourth-order valence-corrected chi connectivity index (χ4v) is 1.40. The molecule has 0 N–H and O–H groups in total. The quantitative estimate of drug-likeness (QED) is 0.593. The van der Waals surface area contributed by atoms with Gasteiger partial charge >= 0.3 is 5.97 Å². The zero-order valence-electron chi connectivity index (χ0n) is 9.55. The van der Waals surface area contributed by atoms with Crippen molar-refractivity contribution in [3.8, 4) is 0 Å². The third-order valence-electron chi connectivity index (χ3n) is 2.26. The summed E-state index contributed by atoms with van der Waals surface area (Å²) >= 11 is 0. The lowest BCUT2D eigenvalue weighted by Crippen LogP contribution is -2.35. The minimum Gasteiger partial charge on any atom is -0.464 e. The average molecular weight is 238 g/mol. The van der Waals surface area contributed by atoms with Gasteiger partial charge < -0.3 is 18.6 Å². The molecule has 92 valence electrons. The summed E-state index contributed by atoms with van der Waals surface area (Å²) in [4.78, 5) is 11.3. The minimum atomic E-state index is -0.523. The van der Waals surface area contributed by atoms with Gasteiger partial charge in [-0.3, -0.25) is 0 Å². The van der Waals surface area contributed by atoms with Gasteiger partial charge in [-0.1, -0.05) is 6.58 Å². The molecule has 0 radical (unpaired) electrons. The lowest BCUT2D eigenvalue weighted by molar-refractivity contribution is -0.234. The van der Waals surface area contributed by atoms with Crippen molar-refractivity contribution in [1.29, 1.82) is 0 Å². The Labute approximate surface area is 99.0 Å². The Morgan fingerprint density at radius 3 is 2.71 bits per heavy atom. The first kappa shape index (κ1) is 11.9. The molecule has 0 bridgehead atoms. The van der Waals surface area contributed by atoms with E-state index in [1.807, 2.05) is 0 Å². The van der Waals surface area contributed by atoms with Crippen molar-refractivity contribution in [2.24, 2.45) is 0 Å². The maximum atomic E-state index is 11.3. The molecule has 0 saturated carbocycles. The smallest absolute Gasteiger partial charge is 0.333 e. The van der Waals surface area contributed by atoms with Crippen molar-refractivity contribution >= 4 is 5.97 Å². The van der Waals surface area contributed by atoms with Crippen LogP contribution in [-0.4, -0.2) is 25.3 Å². The molecule has 0 unspecified atom stereocenters. The molecule has 17 heavy (non-hydrogen) atoms. The van der Waals surface area contributed by atoms with Crippen LogP contribution in [-0.2, 0) is 19.0 Å². The van der Waals surface area contributed by atoms with Crippen LogP contribution in [0.2, 0.25) is 0 Å². The Morgan fingerprint density at radius 2 is 2.18 bits per heavy atom. The predicted molar refractivity (Wildman–Crippen MR) is 58.0 cm³/mol. The first-order chi connectivity index (χ1) is 8.16. The third-order valence-corrected chi connectivity index (χ3v) is 2.26. The van der Waals surface area contributed by atoms with Gasteiger partial charge in [-0.25, -0.2) is 4.79 Å².